The zero-order valence-electron chi connectivity index (χ0n) is 12.4. The van der Waals surface area contributed by atoms with Crippen LogP contribution < -0.4 is 4.90 Å². The summed E-state index contributed by atoms with van der Waals surface area (Å²) in [6.07, 6.45) is -1.67. The number of rotatable bonds is 2. The van der Waals surface area contributed by atoms with Gasteiger partial charge in [-0.25, -0.2) is 19.1 Å². The molecular formula is C14H15N3O5. The summed E-state index contributed by atoms with van der Waals surface area (Å²) in [7, 11) is 1.20. The first-order chi connectivity index (χ1) is 10.5. The van der Waals surface area contributed by atoms with Gasteiger partial charge in [-0.1, -0.05) is 12.1 Å². The number of imidazole rings is 1. The molecule has 1 heterocycles. The number of aromatic nitrogens is 2. The fourth-order valence-corrected chi connectivity index (χ4v) is 1.97. The van der Waals surface area contributed by atoms with Gasteiger partial charge >= 0.3 is 12.2 Å². The van der Waals surface area contributed by atoms with Gasteiger partial charge in [-0.15, -0.1) is 0 Å². The van der Waals surface area contributed by atoms with Gasteiger partial charge in [0.15, 0.2) is 0 Å². The highest BCUT2D eigenvalue weighted by molar-refractivity contribution is 6.12. The molecule has 22 heavy (non-hydrogen) atoms. The summed E-state index contributed by atoms with van der Waals surface area (Å²) in [5, 5.41) is 0. The molecule has 0 saturated carbocycles. The van der Waals surface area contributed by atoms with E-state index in [0.717, 1.165) is 4.57 Å². The van der Waals surface area contributed by atoms with E-state index in [0.29, 0.717) is 15.9 Å². The van der Waals surface area contributed by atoms with Gasteiger partial charge in [0.2, 0.25) is 11.9 Å². The lowest BCUT2D eigenvalue weighted by Gasteiger charge is -2.17. The molecule has 0 aliphatic rings. The van der Waals surface area contributed by atoms with Gasteiger partial charge in [-0.05, 0) is 19.1 Å². The molecule has 0 atom stereocenters. The number of nitrogens with zero attached hydrogens (tertiary/aromatic N) is 3. The number of ether oxygens (including phenoxy) is 2. The lowest BCUT2D eigenvalue weighted by Crippen LogP contribution is -2.38. The van der Waals surface area contributed by atoms with Crippen LogP contribution in [0, 0.1) is 0 Å². The molecule has 2 aromatic rings. The van der Waals surface area contributed by atoms with Crippen LogP contribution >= 0.6 is 0 Å². The van der Waals surface area contributed by atoms with E-state index in [1.807, 2.05) is 0 Å². The van der Waals surface area contributed by atoms with Crippen LogP contribution in [0.2, 0.25) is 0 Å². The van der Waals surface area contributed by atoms with E-state index in [-0.39, 0.29) is 12.6 Å². The highest BCUT2D eigenvalue weighted by atomic mass is 16.6. The maximum absolute atomic E-state index is 12.0. The summed E-state index contributed by atoms with van der Waals surface area (Å²) in [4.78, 5) is 40.7. The Morgan fingerprint density at radius 1 is 1.27 bits per heavy atom. The Kier molecular flexibility index (Phi) is 4.40. The topological polar surface area (TPSA) is 90.7 Å². The van der Waals surface area contributed by atoms with Crippen LogP contribution in [-0.4, -0.2) is 41.4 Å². The molecule has 0 aliphatic heterocycles. The normalized spacial score (nSPS) is 10.3. The predicted octanol–water partition coefficient (Wildman–Crippen LogP) is 2.16. The standard InChI is InChI=1S/C14H15N3O5/c1-4-22-14(20)16(9(2)18)12-15-10-7-5-6-8-11(10)17(12)13(19)21-3/h5-8H,4H2,1-3H3. The first-order valence-corrected chi connectivity index (χ1v) is 6.54. The summed E-state index contributed by atoms with van der Waals surface area (Å²) in [6.45, 7) is 2.87. The minimum Gasteiger partial charge on any atom is -0.452 e. The smallest absolute Gasteiger partial charge is 0.423 e. The number of benzene rings is 1. The van der Waals surface area contributed by atoms with E-state index < -0.39 is 18.1 Å². The highest BCUT2D eigenvalue weighted by Crippen LogP contribution is 2.23. The number of carbonyl (C=O) groups is 3. The third-order valence-corrected chi connectivity index (χ3v) is 2.87. The van der Waals surface area contributed by atoms with E-state index in [2.05, 4.69) is 4.98 Å². The van der Waals surface area contributed by atoms with Gasteiger partial charge in [0.05, 0.1) is 24.8 Å². The van der Waals surface area contributed by atoms with Crippen LogP contribution in [0.15, 0.2) is 24.3 Å². The lowest BCUT2D eigenvalue weighted by atomic mass is 10.3. The van der Waals surface area contributed by atoms with Gasteiger partial charge in [0, 0.05) is 6.92 Å². The number of carbonyl (C=O) groups excluding carboxylic acids is 3. The monoisotopic (exact) mass is 305 g/mol. The minimum absolute atomic E-state index is 0.0844. The van der Waals surface area contributed by atoms with Crippen molar-refractivity contribution in [2.45, 2.75) is 13.8 Å². The van der Waals surface area contributed by atoms with E-state index in [1.165, 1.54) is 14.0 Å². The minimum atomic E-state index is -0.907. The maximum atomic E-state index is 12.0. The Morgan fingerprint density at radius 2 is 1.95 bits per heavy atom. The molecule has 0 fully saturated rings. The quantitative estimate of drug-likeness (QED) is 0.844. The van der Waals surface area contributed by atoms with Crippen molar-refractivity contribution in [1.29, 1.82) is 0 Å². The Morgan fingerprint density at radius 3 is 2.55 bits per heavy atom. The van der Waals surface area contributed by atoms with E-state index in [1.54, 1.807) is 31.2 Å². The summed E-state index contributed by atoms with van der Waals surface area (Å²) in [5.41, 5.74) is 0.860. The average Bonchev–Trinajstić information content (AvgIpc) is 2.85. The maximum Gasteiger partial charge on any atom is 0.423 e. The first-order valence-electron chi connectivity index (χ1n) is 6.54. The first kappa shape index (κ1) is 15.5. The van der Waals surface area contributed by atoms with Crippen LogP contribution in [0.5, 0.6) is 0 Å². The Balaban J connectivity index is 2.68. The van der Waals surface area contributed by atoms with E-state index in [9.17, 15) is 14.4 Å². The van der Waals surface area contributed by atoms with Crippen molar-refractivity contribution in [2.24, 2.45) is 0 Å². The molecule has 8 nitrogen and oxygen atoms in total. The second-order valence-corrected chi connectivity index (χ2v) is 4.26. The van der Waals surface area contributed by atoms with Crippen molar-refractivity contribution >= 4 is 35.1 Å². The Labute approximate surface area is 126 Å². The summed E-state index contributed by atoms with van der Waals surface area (Å²) in [5.74, 6) is -0.794. The number of para-hydroxylation sites is 2. The van der Waals surface area contributed by atoms with Crippen LogP contribution in [-0.2, 0) is 14.3 Å². The predicted molar refractivity (Wildman–Crippen MR) is 77.7 cm³/mol. The molecule has 1 aromatic heterocycles. The molecule has 1 aromatic carbocycles. The van der Waals surface area contributed by atoms with Crippen molar-refractivity contribution in [1.82, 2.24) is 9.55 Å². The molecule has 0 N–H and O–H groups in total. The molecule has 0 saturated heterocycles. The lowest BCUT2D eigenvalue weighted by molar-refractivity contribution is -0.116. The van der Waals surface area contributed by atoms with Gasteiger partial charge in [0.1, 0.15) is 0 Å². The molecule has 0 radical (unpaired) electrons. The second kappa shape index (κ2) is 6.25. The molecule has 0 aliphatic carbocycles. The molecule has 0 unspecified atom stereocenters. The second-order valence-electron chi connectivity index (χ2n) is 4.26. The van der Waals surface area contributed by atoms with Crippen molar-refractivity contribution in [2.75, 3.05) is 18.6 Å². The number of methoxy groups -OCH3 is 1. The summed E-state index contributed by atoms with van der Waals surface area (Å²) < 4.78 is 10.6. The molecule has 0 spiro atoms. The van der Waals surface area contributed by atoms with Crippen LogP contribution in [0.25, 0.3) is 11.0 Å². The van der Waals surface area contributed by atoms with Gasteiger partial charge in [-0.2, -0.15) is 4.90 Å². The van der Waals surface area contributed by atoms with E-state index in [4.69, 9.17) is 9.47 Å². The number of imide groups is 1. The Bertz CT molecular complexity index is 737. The van der Waals surface area contributed by atoms with Gasteiger partial charge in [0.25, 0.3) is 0 Å². The van der Waals surface area contributed by atoms with Crippen LogP contribution in [0.1, 0.15) is 13.8 Å². The molecule has 8 heteroatoms. The zero-order chi connectivity index (χ0) is 16.3. The number of amides is 2. The zero-order valence-corrected chi connectivity index (χ0v) is 12.4. The summed E-state index contributed by atoms with van der Waals surface area (Å²) >= 11 is 0. The average molecular weight is 305 g/mol. The van der Waals surface area contributed by atoms with Crippen molar-refractivity contribution < 1.29 is 23.9 Å². The molecule has 2 rings (SSSR count). The number of fused-ring (bicyclic) bond motifs is 1. The van der Waals surface area contributed by atoms with Gasteiger partial charge in [-0.3, -0.25) is 4.79 Å². The van der Waals surface area contributed by atoms with Crippen LogP contribution in [0.3, 0.4) is 0 Å². The molecule has 0 bridgehead atoms. The third kappa shape index (κ3) is 2.62. The number of anilines is 1. The van der Waals surface area contributed by atoms with Crippen molar-refractivity contribution in [3.63, 3.8) is 0 Å². The molecular weight excluding hydrogens is 290 g/mol. The fourth-order valence-electron chi connectivity index (χ4n) is 1.97. The third-order valence-electron chi connectivity index (χ3n) is 2.87. The molecule has 116 valence electrons. The van der Waals surface area contributed by atoms with Gasteiger partial charge < -0.3 is 9.47 Å². The van der Waals surface area contributed by atoms with Crippen LogP contribution in [0.4, 0.5) is 15.5 Å². The number of hydrogen-bond donors (Lipinski definition) is 0. The largest absolute Gasteiger partial charge is 0.452 e. The fraction of sp³-hybridized carbons (Fsp3) is 0.286. The van der Waals surface area contributed by atoms with Crippen molar-refractivity contribution in [3.05, 3.63) is 24.3 Å². The Hall–Kier alpha value is -2.90. The highest BCUT2D eigenvalue weighted by Gasteiger charge is 2.30. The molecule has 2 amide bonds. The van der Waals surface area contributed by atoms with Crippen molar-refractivity contribution in [3.8, 4) is 0 Å². The summed E-state index contributed by atoms with van der Waals surface area (Å²) in [6, 6.07) is 6.72. The SMILES string of the molecule is CCOC(=O)N(C(C)=O)c1nc2ccccc2n1C(=O)OC. The number of hydrogen-bond acceptors (Lipinski definition) is 6. The van der Waals surface area contributed by atoms with E-state index >= 15 is 0 Å².